The van der Waals surface area contributed by atoms with E-state index in [1.54, 1.807) is 0 Å². The molecule has 2 aliphatic carbocycles. The number of rotatable bonds is 4. The second-order valence-electron chi connectivity index (χ2n) is 20.2. The maximum Gasteiger partial charge on any atom is 0.0159 e. The fourth-order valence-corrected chi connectivity index (χ4v) is 11.2. The zero-order valence-electron chi connectivity index (χ0n) is 36.7. The van der Waals surface area contributed by atoms with Gasteiger partial charge in [0.05, 0.1) is 0 Å². The van der Waals surface area contributed by atoms with Gasteiger partial charge in [-0.05, 0) is 163 Å². The van der Waals surface area contributed by atoms with Crippen molar-refractivity contribution in [2.24, 2.45) is 0 Å². The van der Waals surface area contributed by atoms with Gasteiger partial charge in [0.25, 0.3) is 0 Å². The predicted octanol–water partition coefficient (Wildman–Crippen LogP) is 17.2. The third-order valence-corrected chi connectivity index (χ3v) is 14.8. The predicted molar refractivity (Wildman–Crippen MR) is 266 cm³/mol. The van der Waals surface area contributed by atoms with E-state index in [0.717, 1.165) is 0 Å². The number of fused-ring (bicyclic) bond motifs is 6. The molecule has 62 heavy (non-hydrogen) atoms. The van der Waals surface area contributed by atoms with E-state index in [4.69, 9.17) is 0 Å². The van der Waals surface area contributed by atoms with Gasteiger partial charge in [0, 0.05) is 10.8 Å². The Kier molecular flexibility index (Phi) is 7.70. The summed E-state index contributed by atoms with van der Waals surface area (Å²) in [6.45, 7) is 16.5. The normalized spacial score (nSPS) is 14.6. The molecule has 10 aromatic carbocycles. The molecule has 10 aromatic rings. The average molecular weight is 795 g/mol. The summed E-state index contributed by atoms with van der Waals surface area (Å²) in [7, 11) is 0. The Morgan fingerprint density at radius 3 is 1.23 bits per heavy atom. The van der Waals surface area contributed by atoms with Gasteiger partial charge in [-0.3, -0.25) is 0 Å². The molecule has 0 saturated carbocycles. The van der Waals surface area contributed by atoms with Crippen LogP contribution in [0.15, 0.2) is 176 Å². The van der Waals surface area contributed by atoms with Crippen LogP contribution in [-0.4, -0.2) is 0 Å². The summed E-state index contributed by atoms with van der Waals surface area (Å²) in [6, 6.07) is 67.2. The van der Waals surface area contributed by atoms with Gasteiger partial charge in [0.15, 0.2) is 0 Å². The summed E-state index contributed by atoms with van der Waals surface area (Å²) < 4.78 is 0. The van der Waals surface area contributed by atoms with Crippen LogP contribution in [0.1, 0.15) is 76.3 Å². The summed E-state index contributed by atoms with van der Waals surface area (Å²) in [5.41, 5.74) is 22.4. The van der Waals surface area contributed by atoms with E-state index >= 15 is 0 Å². The van der Waals surface area contributed by atoms with Crippen molar-refractivity contribution in [2.75, 3.05) is 0 Å². The molecule has 0 spiro atoms. The quantitative estimate of drug-likeness (QED) is 0.156. The Hall–Kier alpha value is -6.76. The van der Waals surface area contributed by atoms with Gasteiger partial charge in [-0.2, -0.15) is 0 Å². The molecular weight excluding hydrogens is 745 g/mol. The van der Waals surface area contributed by atoms with E-state index in [2.05, 4.69) is 224 Å². The van der Waals surface area contributed by atoms with Gasteiger partial charge in [-0.1, -0.05) is 194 Å². The topological polar surface area (TPSA) is 0 Å². The van der Waals surface area contributed by atoms with Gasteiger partial charge < -0.3 is 0 Å². The molecule has 0 bridgehead atoms. The highest BCUT2D eigenvalue weighted by molar-refractivity contribution is 6.25. The zero-order chi connectivity index (χ0) is 42.3. The van der Waals surface area contributed by atoms with Gasteiger partial charge in [-0.15, -0.1) is 0 Å². The molecular formula is C62H50. The van der Waals surface area contributed by atoms with Crippen molar-refractivity contribution >= 4 is 32.3 Å². The van der Waals surface area contributed by atoms with Crippen LogP contribution in [0.3, 0.4) is 0 Å². The van der Waals surface area contributed by atoms with Crippen molar-refractivity contribution in [3.63, 3.8) is 0 Å². The maximum atomic E-state index is 2.47. The second kappa shape index (κ2) is 12.9. The summed E-state index contributed by atoms with van der Waals surface area (Å²) in [5, 5.41) is 8.00. The molecule has 298 valence electrons. The van der Waals surface area contributed by atoms with E-state index in [1.807, 2.05) is 0 Å². The van der Waals surface area contributed by atoms with Gasteiger partial charge in [0.2, 0.25) is 0 Å². The van der Waals surface area contributed by atoms with Gasteiger partial charge in [-0.25, -0.2) is 0 Å². The Bertz CT molecular complexity index is 3460. The summed E-state index contributed by atoms with van der Waals surface area (Å²) in [4.78, 5) is 0. The highest BCUT2D eigenvalue weighted by Crippen LogP contribution is 2.53. The Labute approximate surface area is 365 Å². The van der Waals surface area contributed by atoms with Gasteiger partial charge >= 0.3 is 0 Å². The van der Waals surface area contributed by atoms with Crippen LogP contribution in [0.5, 0.6) is 0 Å². The molecule has 12 rings (SSSR count). The van der Waals surface area contributed by atoms with Crippen LogP contribution in [0.25, 0.3) is 99.1 Å². The molecule has 0 heteroatoms. The smallest absolute Gasteiger partial charge is 0.0159 e. The molecule has 0 atom stereocenters. The lowest BCUT2D eigenvalue weighted by Crippen LogP contribution is -2.15. The van der Waals surface area contributed by atoms with Gasteiger partial charge in [0.1, 0.15) is 0 Å². The first-order valence-corrected chi connectivity index (χ1v) is 22.3. The monoisotopic (exact) mass is 794 g/mol. The molecule has 0 nitrogen and oxygen atoms in total. The maximum absolute atomic E-state index is 2.47. The third kappa shape index (κ3) is 5.39. The lowest BCUT2D eigenvalue weighted by Gasteiger charge is -2.24. The number of benzene rings is 10. The second-order valence-corrected chi connectivity index (χ2v) is 20.2. The van der Waals surface area contributed by atoms with E-state index in [1.165, 1.54) is 127 Å². The molecule has 0 saturated heterocycles. The molecule has 0 aliphatic heterocycles. The van der Waals surface area contributed by atoms with E-state index in [0.29, 0.717) is 0 Å². The fraction of sp³-hybridized carbons (Fsp3) is 0.161. The Morgan fingerprint density at radius 2 is 0.710 bits per heavy atom. The molecule has 2 aliphatic rings. The largest absolute Gasteiger partial charge is 0.0622 e. The van der Waals surface area contributed by atoms with Crippen molar-refractivity contribution < 1.29 is 0 Å². The van der Waals surface area contributed by atoms with Crippen molar-refractivity contribution in [1.82, 2.24) is 0 Å². The first kappa shape index (κ1) is 37.0. The molecule has 0 fully saturated rings. The molecule has 0 heterocycles. The fourth-order valence-electron chi connectivity index (χ4n) is 11.2. The minimum absolute atomic E-state index is 0.0949. The highest BCUT2D eigenvalue weighted by atomic mass is 14.4. The minimum atomic E-state index is -0.146. The third-order valence-electron chi connectivity index (χ3n) is 14.8. The zero-order valence-corrected chi connectivity index (χ0v) is 36.7. The molecule has 0 N–H and O–H groups in total. The van der Waals surface area contributed by atoms with Crippen molar-refractivity contribution in [3.05, 3.63) is 204 Å². The van der Waals surface area contributed by atoms with E-state index in [9.17, 15) is 0 Å². The van der Waals surface area contributed by atoms with Crippen molar-refractivity contribution in [3.8, 4) is 66.8 Å². The van der Waals surface area contributed by atoms with Crippen molar-refractivity contribution in [2.45, 2.75) is 64.7 Å². The molecule has 0 radical (unpaired) electrons. The standard InChI is InChI=1S/C62H50/c1-60(2,3)47-31-45-17-16-38-18-24-48(53-29-23-46(32-47)58(45)59(38)53)44-15-11-14-39(30-44)41-20-26-50-52-28-22-43(36-57(52)62(6,7)55(50)34-41)42-21-27-51-49-25-19-40(37-12-9-8-10-13-37)33-54(49)61(4,5)56(51)35-42/h8-36H,1-7H3. The SMILES string of the molecule is CC(C)(C)c1cc2ccc3ccc(-c4cccc(-c5ccc6c(c5)C(C)(C)c5cc(-c7ccc8c(c7)C(C)(C)c7cc(-c9ccccc9)ccc7-8)ccc5-6)c4)c4ccc(c1)c2c34. The van der Waals surface area contributed by atoms with Crippen molar-refractivity contribution in [1.29, 1.82) is 0 Å². The minimum Gasteiger partial charge on any atom is -0.0622 e. The van der Waals surface area contributed by atoms with Crippen LogP contribution in [-0.2, 0) is 16.2 Å². The molecule has 0 aromatic heterocycles. The lowest BCUT2D eigenvalue weighted by molar-refractivity contribution is 0.591. The molecule has 0 amide bonds. The van der Waals surface area contributed by atoms with E-state index in [-0.39, 0.29) is 16.2 Å². The van der Waals surface area contributed by atoms with Crippen LogP contribution < -0.4 is 0 Å². The number of hydrogen-bond acceptors (Lipinski definition) is 0. The van der Waals surface area contributed by atoms with Crippen LogP contribution in [0.2, 0.25) is 0 Å². The Morgan fingerprint density at radius 1 is 0.306 bits per heavy atom. The summed E-state index contributed by atoms with van der Waals surface area (Å²) >= 11 is 0. The first-order chi connectivity index (χ1) is 29.8. The number of hydrogen-bond donors (Lipinski definition) is 0. The summed E-state index contributed by atoms with van der Waals surface area (Å²) in [5.74, 6) is 0. The average Bonchev–Trinajstić information content (AvgIpc) is 3.65. The van der Waals surface area contributed by atoms with Crippen LogP contribution >= 0.6 is 0 Å². The lowest BCUT2D eigenvalue weighted by atomic mass is 9.79. The van der Waals surface area contributed by atoms with Crippen LogP contribution in [0.4, 0.5) is 0 Å². The van der Waals surface area contributed by atoms with E-state index < -0.39 is 0 Å². The first-order valence-electron chi connectivity index (χ1n) is 22.3. The Balaban J connectivity index is 0.880. The van der Waals surface area contributed by atoms with Crippen LogP contribution in [0, 0.1) is 0 Å². The molecule has 0 unspecified atom stereocenters. The highest BCUT2D eigenvalue weighted by Gasteiger charge is 2.38. The summed E-state index contributed by atoms with van der Waals surface area (Å²) in [6.07, 6.45) is 0.